The first-order chi connectivity index (χ1) is 9.40. The summed E-state index contributed by atoms with van der Waals surface area (Å²) in [5.74, 6) is -0.594. The Morgan fingerprint density at radius 3 is 2.60 bits per heavy atom. The molecule has 0 spiro atoms. The van der Waals surface area contributed by atoms with Crippen molar-refractivity contribution in [2.24, 2.45) is 5.92 Å². The lowest BCUT2D eigenvalue weighted by Crippen LogP contribution is -2.27. The molecule has 8 heteroatoms. The van der Waals surface area contributed by atoms with Gasteiger partial charge < -0.3 is 0 Å². The van der Waals surface area contributed by atoms with Gasteiger partial charge in [0.2, 0.25) is 15.8 Å². The first kappa shape index (κ1) is 14.9. The Balaban J connectivity index is 2.04. The molecule has 0 unspecified atom stereocenters. The van der Waals surface area contributed by atoms with E-state index in [2.05, 4.69) is 4.72 Å². The summed E-state index contributed by atoms with van der Waals surface area (Å²) in [5.41, 5.74) is -0.738. The molecule has 0 radical (unpaired) electrons. The quantitative estimate of drug-likeness (QED) is 0.644. The minimum atomic E-state index is -3.82. The van der Waals surface area contributed by atoms with Gasteiger partial charge in [0.25, 0.3) is 0 Å². The lowest BCUT2D eigenvalue weighted by molar-refractivity contribution is -0.387. The average Bonchev–Trinajstić information content (AvgIpc) is 2.31. The van der Waals surface area contributed by atoms with Gasteiger partial charge in [-0.25, -0.2) is 13.1 Å². The van der Waals surface area contributed by atoms with Crippen molar-refractivity contribution >= 4 is 15.7 Å². The summed E-state index contributed by atoms with van der Waals surface area (Å²) in [6.07, 6.45) is 4.18. The summed E-state index contributed by atoms with van der Waals surface area (Å²) in [6.45, 7) is 0.297. The Hall–Kier alpha value is -1.54. The van der Waals surface area contributed by atoms with Crippen LogP contribution in [0.4, 0.5) is 10.1 Å². The summed E-state index contributed by atoms with van der Waals surface area (Å²) in [5, 5.41) is 10.5. The van der Waals surface area contributed by atoms with E-state index < -0.39 is 26.5 Å². The van der Waals surface area contributed by atoms with Crippen molar-refractivity contribution in [3.63, 3.8) is 0 Å². The molecule has 0 aromatic heterocycles. The Morgan fingerprint density at radius 1 is 1.40 bits per heavy atom. The predicted octanol–water partition coefficient (Wildman–Crippen LogP) is 2.20. The SMILES string of the molecule is O=[N+]([O-])c1ccc(S(=O)(=O)NCCC2CCC2)cc1F. The zero-order chi connectivity index (χ0) is 14.8. The second kappa shape index (κ2) is 5.84. The lowest BCUT2D eigenvalue weighted by Gasteiger charge is -2.25. The summed E-state index contributed by atoms with van der Waals surface area (Å²) in [4.78, 5) is 9.28. The van der Waals surface area contributed by atoms with Crippen LogP contribution in [0.25, 0.3) is 0 Å². The van der Waals surface area contributed by atoms with Crippen molar-refractivity contribution < 1.29 is 17.7 Å². The molecule has 1 aromatic rings. The van der Waals surface area contributed by atoms with Gasteiger partial charge >= 0.3 is 5.69 Å². The van der Waals surface area contributed by atoms with Crippen LogP contribution in [-0.2, 0) is 10.0 Å². The van der Waals surface area contributed by atoms with Crippen LogP contribution in [0, 0.1) is 21.8 Å². The first-order valence-electron chi connectivity index (χ1n) is 6.34. The number of hydrogen-bond acceptors (Lipinski definition) is 4. The molecule has 0 saturated heterocycles. The summed E-state index contributed by atoms with van der Waals surface area (Å²) < 4.78 is 39.6. The average molecular weight is 302 g/mol. The van der Waals surface area contributed by atoms with E-state index in [9.17, 15) is 22.9 Å². The maximum absolute atomic E-state index is 13.4. The number of nitrogens with zero attached hydrogens (tertiary/aromatic N) is 1. The maximum Gasteiger partial charge on any atom is 0.304 e. The van der Waals surface area contributed by atoms with Crippen molar-refractivity contribution in [2.75, 3.05) is 6.54 Å². The molecule has 1 N–H and O–H groups in total. The maximum atomic E-state index is 13.4. The molecule has 1 aliphatic rings. The molecule has 6 nitrogen and oxygen atoms in total. The van der Waals surface area contributed by atoms with Crippen molar-refractivity contribution in [3.05, 3.63) is 34.1 Å². The standard InChI is InChI=1S/C12H15FN2O4S/c13-11-8-10(4-5-12(11)15(16)17)20(18,19)14-7-6-9-2-1-3-9/h4-5,8-9,14H,1-3,6-7H2. The number of hydrogen-bond donors (Lipinski definition) is 1. The molecular formula is C12H15FN2O4S. The number of nitrogens with one attached hydrogen (secondary N) is 1. The van der Waals surface area contributed by atoms with Gasteiger partial charge in [0.1, 0.15) is 0 Å². The number of sulfonamides is 1. The van der Waals surface area contributed by atoms with Crippen molar-refractivity contribution in [2.45, 2.75) is 30.6 Å². The summed E-state index contributed by atoms with van der Waals surface area (Å²) in [7, 11) is -3.82. The largest absolute Gasteiger partial charge is 0.304 e. The van der Waals surface area contributed by atoms with E-state index in [1.807, 2.05) is 0 Å². The minimum Gasteiger partial charge on any atom is -0.258 e. The van der Waals surface area contributed by atoms with Gasteiger partial charge in [0.15, 0.2) is 0 Å². The van der Waals surface area contributed by atoms with Crippen molar-refractivity contribution in [1.29, 1.82) is 0 Å². The zero-order valence-corrected chi connectivity index (χ0v) is 11.5. The zero-order valence-electron chi connectivity index (χ0n) is 10.7. The molecule has 1 aromatic carbocycles. The number of benzene rings is 1. The van der Waals surface area contributed by atoms with Crippen LogP contribution < -0.4 is 4.72 Å². The summed E-state index contributed by atoms with van der Waals surface area (Å²) >= 11 is 0. The Labute approximate surface area is 116 Å². The normalized spacial score (nSPS) is 15.8. The predicted molar refractivity (Wildman–Crippen MR) is 70.2 cm³/mol. The first-order valence-corrected chi connectivity index (χ1v) is 7.82. The molecule has 0 amide bonds. The molecule has 2 rings (SSSR count). The van der Waals surface area contributed by atoms with Gasteiger partial charge in [-0.15, -0.1) is 0 Å². The molecule has 1 aliphatic carbocycles. The highest BCUT2D eigenvalue weighted by Gasteiger charge is 2.22. The fourth-order valence-electron chi connectivity index (χ4n) is 2.07. The van der Waals surface area contributed by atoms with Gasteiger partial charge in [-0.2, -0.15) is 4.39 Å². The van der Waals surface area contributed by atoms with Gasteiger partial charge in [0, 0.05) is 18.7 Å². The lowest BCUT2D eigenvalue weighted by atomic mass is 9.83. The molecule has 1 fully saturated rings. The van der Waals surface area contributed by atoms with E-state index in [1.165, 1.54) is 6.42 Å². The smallest absolute Gasteiger partial charge is 0.258 e. The fraction of sp³-hybridized carbons (Fsp3) is 0.500. The van der Waals surface area contributed by atoms with Crippen molar-refractivity contribution in [3.8, 4) is 0 Å². The Kier molecular flexibility index (Phi) is 4.34. The van der Waals surface area contributed by atoms with Gasteiger partial charge in [0.05, 0.1) is 9.82 Å². The third-order valence-electron chi connectivity index (χ3n) is 3.50. The van der Waals surface area contributed by atoms with Gasteiger partial charge in [-0.1, -0.05) is 19.3 Å². The van der Waals surface area contributed by atoms with Crippen LogP contribution in [0.3, 0.4) is 0 Å². The number of halogens is 1. The second-order valence-electron chi connectivity index (χ2n) is 4.85. The Bertz CT molecular complexity index is 614. The second-order valence-corrected chi connectivity index (χ2v) is 6.62. The van der Waals surface area contributed by atoms with E-state index in [0.29, 0.717) is 18.5 Å². The third kappa shape index (κ3) is 3.31. The van der Waals surface area contributed by atoms with Crippen LogP contribution in [0.2, 0.25) is 0 Å². The number of rotatable bonds is 6. The van der Waals surface area contributed by atoms with Crippen LogP contribution in [0.15, 0.2) is 23.1 Å². The van der Waals surface area contributed by atoms with E-state index in [1.54, 1.807) is 0 Å². The molecule has 0 heterocycles. The molecule has 20 heavy (non-hydrogen) atoms. The van der Waals surface area contributed by atoms with Crippen LogP contribution in [-0.4, -0.2) is 19.9 Å². The number of nitro groups is 1. The minimum absolute atomic E-state index is 0.297. The summed E-state index contributed by atoms with van der Waals surface area (Å²) in [6, 6.07) is 2.56. The Morgan fingerprint density at radius 2 is 2.10 bits per heavy atom. The van der Waals surface area contributed by atoms with E-state index >= 15 is 0 Å². The molecular weight excluding hydrogens is 287 g/mol. The van der Waals surface area contributed by atoms with Crippen LogP contribution in [0.1, 0.15) is 25.7 Å². The van der Waals surface area contributed by atoms with Crippen LogP contribution >= 0.6 is 0 Å². The topological polar surface area (TPSA) is 89.3 Å². The molecule has 0 bridgehead atoms. The van der Waals surface area contributed by atoms with Gasteiger partial charge in [-0.05, 0) is 18.4 Å². The monoisotopic (exact) mass is 302 g/mol. The number of nitro benzene ring substituents is 1. The highest BCUT2D eigenvalue weighted by atomic mass is 32.2. The van der Waals surface area contributed by atoms with E-state index in [4.69, 9.17) is 0 Å². The van der Waals surface area contributed by atoms with Crippen molar-refractivity contribution in [1.82, 2.24) is 4.72 Å². The highest BCUT2D eigenvalue weighted by molar-refractivity contribution is 7.89. The highest BCUT2D eigenvalue weighted by Crippen LogP contribution is 2.29. The fourth-order valence-corrected chi connectivity index (χ4v) is 3.12. The van der Waals surface area contributed by atoms with E-state index in [-0.39, 0.29) is 4.90 Å². The molecule has 1 saturated carbocycles. The molecule has 110 valence electrons. The van der Waals surface area contributed by atoms with Gasteiger partial charge in [-0.3, -0.25) is 10.1 Å². The van der Waals surface area contributed by atoms with Crippen LogP contribution in [0.5, 0.6) is 0 Å². The molecule has 0 atom stereocenters. The third-order valence-corrected chi connectivity index (χ3v) is 4.95. The molecule has 0 aliphatic heterocycles. The van der Waals surface area contributed by atoms with E-state index in [0.717, 1.165) is 31.4 Å².